The highest BCUT2D eigenvalue weighted by Crippen LogP contribution is 2.29. The van der Waals surface area contributed by atoms with E-state index in [-0.39, 0.29) is 5.56 Å². The Morgan fingerprint density at radius 1 is 1.08 bits per heavy atom. The minimum Gasteiger partial charge on any atom is -0.492 e. The molecule has 26 heavy (non-hydrogen) atoms. The zero-order valence-corrected chi connectivity index (χ0v) is 14.4. The summed E-state index contributed by atoms with van der Waals surface area (Å²) in [5.41, 5.74) is 0.185. The van der Waals surface area contributed by atoms with Gasteiger partial charge in [0, 0.05) is 30.6 Å². The second-order valence-electron chi connectivity index (χ2n) is 6.86. The van der Waals surface area contributed by atoms with Crippen LogP contribution in [0.1, 0.15) is 23.2 Å². The Bertz CT molecular complexity index is 837. The second-order valence-corrected chi connectivity index (χ2v) is 6.86. The maximum atomic E-state index is 11.9. The maximum absolute atomic E-state index is 11.9. The monoisotopic (exact) mass is 355 g/mol. The van der Waals surface area contributed by atoms with Gasteiger partial charge in [0.25, 0.3) is 5.78 Å². The summed E-state index contributed by atoms with van der Waals surface area (Å²) in [6.45, 7) is 3.26. The van der Waals surface area contributed by atoms with Gasteiger partial charge in [0.15, 0.2) is 0 Å². The molecule has 0 aliphatic carbocycles. The lowest BCUT2D eigenvalue weighted by Gasteiger charge is -2.31. The van der Waals surface area contributed by atoms with Crippen LogP contribution in [0.4, 0.5) is 0 Å². The zero-order valence-electron chi connectivity index (χ0n) is 14.4. The highest BCUT2D eigenvalue weighted by atomic mass is 16.5. The summed E-state index contributed by atoms with van der Waals surface area (Å²) >= 11 is 0. The molecule has 2 aromatic carbocycles. The Balaban J connectivity index is 1.48. The molecular weight excluding hydrogens is 334 g/mol. The molecule has 2 bridgehead atoms. The van der Waals surface area contributed by atoms with Gasteiger partial charge in [-0.15, -0.1) is 0 Å². The van der Waals surface area contributed by atoms with Crippen molar-refractivity contribution in [3.05, 3.63) is 42.0 Å². The number of aliphatic carboxylic acids is 1. The molecular formula is C20H21NO5. The fourth-order valence-electron chi connectivity index (χ4n) is 3.88. The van der Waals surface area contributed by atoms with E-state index in [1.165, 1.54) is 6.07 Å². The van der Waals surface area contributed by atoms with Crippen LogP contribution in [0.25, 0.3) is 10.8 Å². The molecule has 4 rings (SSSR count). The van der Waals surface area contributed by atoms with E-state index in [4.69, 9.17) is 14.6 Å². The number of carbonyl (C=O) groups is 2. The average molecular weight is 355 g/mol. The largest absolute Gasteiger partial charge is 0.492 e. The Kier molecular flexibility index (Phi) is 4.61. The van der Waals surface area contributed by atoms with Crippen molar-refractivity contribution >= 4 is 22.5 Å². The average Bonchev–Trinajstić information content (AvgIpc) is 2.99. The molecule has 2 fully saturated rings. The smallest absolute Gasteiger partial charge is 0.377 e. The van der Waals surface area contributed by atoms with Crippen molar-refractivity contribution in [1.29, 1.82) is 0 Å². The van der Waals surface area contributed by atoms with Crippen LogP contribution in [0.5, 0.6) is 5.75 Å². The van der Waals surface area contributed by atoms with E-state index >= 15 is 0 Å². The number of carboxylic acids is 1. The SMILES string of the molecule is O=C(O)C(=O)c1ccc(OCCN2CC3CCC(C2)O3)c2ccccc12. The van der Waals surface area contributed by atoms with Gasteiger partial charge in [0.05, 0.1) is 12.2 Å². The van der Waals surface area contributed by atoms with E-state index < -0.39 is 11.8 Å². The molecule has 0 spiro atoms. The highest BCUT2D eigenvalue weighted by molar-refractivity contribution is 6.42. The Hall–Kier alpha value is -2.44. The fraction of sp³-hybridized carbons (Fsp3) is 0.400. The summed E-state index contributed by atoms with van der Waals surface area (Å²) in [6.07, 6.45) is 3.00. The first kappa shape index (κ1) is 17.0. The molecule has 0 saturated carbocycles. The molecule has 2 aliphatic heterocycles. The van der Waals surface area contributed by atoms with E-state index in [0.717, 1.165) is 37.9 Å². The first-order chi connectivity index (χ1) is 12.6. The number of nitrogens with zero attached hydrogens (tertiary/aromatic N) is 1. The fourth-order valence-corrected chi connectivity index (χ4v) is 3.88. The normalized spacial score (nSPS) is 22.5. The van der Waals surface area contributed by atoms with E-state index in [9.17, 15) is 9.59 Å². The summed E-state index contributed by atoms with van der Waals surface area (Å²) in [5, 5.41) is 10.4. The lowest BCUT2D eigenvalue weighted by Crippen LogP contribution is -2.44. The minimum absolute atomic E-state index is 0.185. The lowest BCUT2D eigenvalue weighted by molar-refractivity contribution is -0.131. The Labute approximate surface area is 151 Å². The molecule has 2 aromatic rings. The number of hydrogen-bond donors (Lipinski definition) is 1. The van der Waals surface area contributed by atoms with Crippen molar-refractivity contribution in [1.82, 2.24) is 4.90 Å². The maximum Gasteiger partial charge on any atom is 0.377 e. The number of fused-ring (bicyclic) bond motifs is 3. The van der Waals surface area contributed by atoms with E-state index in [0.29, 0.717) is 30.0 Å². The van der Waals surface area contributed by atoms with Gasteiger partial charge in [-0.3, -0.25) is 9.69 Å². The molecule has 6 nitrogen and oxygen atoms in total. The minimum atomic E-state index is -1.45. The van der Waals surface area contributed by atoms with E-state index in [2.05, 4.69) is 4.90 Å². The highest BCUT2D eigenvalue weighted by Gasteiger charge is 2.33. The number of morpholine rings is 1. The van der Waals surface area contributed by atoms with Gasteiger partial charge in [-0.05, 0) is 30.4 Å². The van der Waals surface area contributed by atoms with E-state index in [1.54, 1.807) is 18.2 Å². The lowest BCUT2D eigenvalue weighted by atomic mass is 10.0. The van der Waals surface area contributed by atoms with Crippen molar-refractivity contribution in [3.63, 3.8) is 0 Å². The standard InChI is InChI=1S/C20H21NO5/c22-19(20(23)24)17-7-8-18(16-4-2-1-3-15(16)17)25-10-9-21-11-13-5-6-14(12-21)26-13/h1-4,7-8,13-14H,5-6,9-12H2,(H,23,24). The van der Waals surface area contributed by atoms with Crippen LogP contribution in [0.3, 0.4) is 0 Å². The molecule has 136 valence electrons. The number of ether oxygens (including phenoxy) is 2. The van der Waals surface area contributed by atoms with Gasteiger partial charge in [-0.25, -0.2) is 4.79 Å². The van der Waals surface area contributed by atoms with Crippen molar-refractivity contribution in [2.45, 2.75) is 25.0 Å². The number of benzene rings is 2. The number of carbonyl (C=O) groups excluding carboxylic acids is 1. The number of carboxylic acid groups (broad SMARTS) is 1. The molecule has 0 aromatic heterocycles. The first-order valence-electron chi connectivity index (χ1n) is 8.92. The molecule has 0 radical (unpaired) electrons. The predicted molar refractivity (Wildman–Crippen MR) is 95.7 cm³/mol. The van der Waals surface area contributed by atoms with Gasteiger partial charge in [0.1, 0.15) is 12.4 Å². The van der Waals surface area contributed by atoms with Crippen LogP contribution in [0.15, 0.2) is 36.4 Å². The summed E-state index contributed by atoms with van der Waals surface area (Å²) in [7, 11) is 0. The third-order valence-electron chi connectivity index (χ3n) is 5.11. The van der Waals surface area contributed by atoms with Crippen molar-refractivity contribution in [2.24, 2.45) is 0 Å². The van der Waals surface area contributed by atoms with Gasteiger partial charge in [0.2, 0.25) is 0 Å². The third-order valence-corrected chi connectivity index (χ3v) is 5.11. The molecule has 1 N–H and O–H groups in total. The molecule has 2 saturated heterocycles. The third kappa shape index (κ3) is 3.30. The van der Waals surface area contributed by atoms with Crippen LogP contribution in [0.2, 0.25) is 0 Å². The molecule has 6 heteroatoms. The molecule has 2 unspecified atom stereocenters. The van der Waals surface area contributed by atoms with Gasteiger partial charge < -0.3 is 14.6 Å². The van der Waals surface area contributed by atoms with Crippen molar-refractivity contribution in [3.8, 4) is 5.75 Å². The number of likely N-dealkylation sites (tertiary alicyclic amines) is 1. The summed E-state index contributed by atoms with van der Waals surface area (Å²) < 4.78 is 11.8. The van der Waals surface area contributed by atoms with Crippen LogP contribution in [0, 0.1) is 0 Å². The second kappa shape index (κ2) is 7.05. The molecule has 2 heterocycles. The Morgan fingerprint density at radius 2 is 1.77 bits per heavy atom. The molecule has 0 amide bonds. The number of ketones is 1. The van der Waals surface area contributed by atoms with Crippen molar-refractivity contribution in [2.75, 3.05) is 26.2 Å². The number of hydrogen-bond acceptors (Lipinski definition) is 5. The van der Waals surface area contributed by atoms with Gasteiger partial charge >= 0.3 is 5.97 Å². The van der Waals surface area contributed by atoms with Crippen LogP contribution in [-0.4, -0.2) is 60.2 Å². The molecule has 2 atom stereocenters. The van der Waals surface area contributed by atoms with Gasteiger partial charge in [-0.2, -0.15) is 0 Å². The van der Waals surface area contributed by atoms with Gasteiger partial charge in [-0.1, -0.05) is 24.3 Å². The topological polar surface area (TPSA) is 76.1 Å². The van der Waals surface area contributed by atoms with Crippen LogP contribution >= 0.6 is 0 Å². The van der Waals surface area contributed by atoms with E-state index in [1.807, 2.05) is 12.1 Å². The zero-order chi connectivity index (χ0) is 18.1. The first-order valence-corrected chi connectivity index (χ1v) is 8.92. The molecule has 2 aliphatic rings. The van der Waals surface area contributed by atoms with Crippen LogP contribution < -0.4 is 4.74 Å². The predicted octanol–water partition coefficient (Wildman–Crippen LogP) is 2.35. The number of rotatable bonds is 6. The van der Waals surface area contributed by atoms with Crippen LogP contribution in [-0.2, 0) is 9.53 Å². The Morgan fingerprint density at radius 3 is 2.46 bits per heavy atom. The quantitative estimate of drug-likeness (QED) is 0.633. The summed E-state index contributed by atoms with van der Waals surface area (Å²) in [6, 6.07) is 10.4. The van der Waals surface area contributed by atoms with Crippen molar-refractivity contribution < 1.29 is 24.2 Å². The summed E-state index contributed by atoms with van der Waals surface area (Å²) in [4.78, 5) is 25.3. The summed E-state index contributed by atoms with van der Waals surface area (Å²) in [5.74, 6) is -1.69. The number of Topliss-reactive ketones (excluding diaryl/α,β-unsaturated/α-hetero) is 1.